The quantitative estimate of drug-likeness (QED) is 0.306. The van der Waals surface area contributed by atoms with Crippen molar-refractivity contribution >= 4 is 39.2 Å². The van der Waals surface area contributed by atoms with Gasteiger partial charge in [0, 0.05) is 22.3 Å². The number of rotatable bonds is 7. The molecular weight excluding hydrogens is 404 g/mol. The first-order chi connectivity index (χ1) is 12.4. The van der Waals surface area contributed by atoms with Gasteiger partial charge in [0.15, 0.2) is 0 Å². The van der Waals surface area contributed by atoms with Crippen molar-refractivity contribution in [1.82, 2.24) is 0 Å². The zero-order chi connectivity index (χ0) is 19.1. The summed E-state index contributed by atoms with van der Waals surface area (Å²) in [7, 11) is 0. The Morgan fingerprint density at radius 1 is 1.19 bits per heavy atom. The largest absolute Gasteiger partial charge is 0.462 e. The molecule has 0 spiro atoms. The van der Waals surface area contributed by atoms with Crippen LogP contribution in [0.3, 0.4) is 0 Å². The number of nitrogens with zero attached hydrogens (tertiary/aromatic N) is 1. The Labute approximate surface area is 158 Å². The SMILES string of the molecule is CCCCOC(=O)c1ccc(NC(=O)c2cc([N+](=O)[O-])ccc2Br)cc1. The lowest BCUT2D eigenvalue weighted by Crippen LogP contribution is -2.13. The van der Waals surface area contributed by atoms with E-state index in [-0.39, 0.29) is 11.3 Å². The van der Waals surface area contributed by atoms with Crippen LogP contribution in [-0.2, 0) is 4.74 Å². The number of nitro groups is 1. The molecule has 2 aromatic rings. The van der Waals surface area contributed by atoms with E-state index in [1.54, 1.807) is 24.3 Å². The summed E-state index contributed by atoms with van der Waals surface area (Å²) in [6.07, 6.45) is 1.74. The van der Waals surface area contributed by atoms with Crippen molar-refractivity contribution in [3.05, 3.63) is 68.2 Å². The fourth-order valence-corrected chi connectivity index (χ4v) is 2.51. The van der Waals surface area contributed by atoms with Gasteiger partial charge in [0.1, 0.15) is 0 Å². The van der Waals surface area contributed by atoms with Crippen LogP contribution >= 0.6 is 15.9 Å². The first kappa shape index (κ1) is 19.6. The van der Waals surface area contributed by atoms with Crippen LogP contribution < -0.4 is 5.32 Å². The number of unbranched alkanes of at least 4 members (excludes halogenated alkanes) is 1. The van der Waals surface area contributed by atoms with Gasteiger partial charge in [0.05, 0.1) is 22.7 Å². The maximum Gasteiger partial charge on any atom is 0.338 e. The number of carbonyl (C=O) groups excluding carboxylic acids is 2. The first-order valence-electron chi connectivity index (χ1n) is 7.95. The van der Waals surface area contributed by atoms with E-state index in [9.17, 15) is 19.7 Å². The number of nitrogens with one attached hydrogen (secondary N) is 1. The second-order valence-corrected chi connectivity index (χ2v) is 6.30. The normalized spacial score (nSPS) is 10.2. The summed E-state index contributed by atoms with van der Waals surface area (Å²) in [5, 5.41) is 13.5. The van der Waals surface area contributed by atoms with Crippen molar-refractivity contribution < 1.29 is 19.2 Å². The highest BCUT2D eigenvalue weighted by Gasteiger charge is 2.16. The molecule has 0 fully saturated rings. The first-order valence-corrected chi connectivity index (χ1v) is 8.74. The zero-order valence-corrected chi connectivity index (χ0v) is 15.6. The minimum absolute atomic E-state index is 0.141. The molecule has 2 aromatic carbocycles. The average Bonchev–Trinajstić information content (AvgIpc) is 2.62. The van der Waals surface area contributed by atoms with E-state index < -0.39 is 16.8 Å². The number of non-ortho nitro benzene ring substituents is 1. The smallest absolute Gasteiger partial charge is 0.338 e. The van der Waals surface area contributed by atoms with Gasteiger partial charge in [0.25, 0.3) is 11.6 Å². The molecule has 26 heavy (non-hydrogen) atoms. The summed E-state index contributed by atoms with van der Waals surface area (Å²) in [4.78, 5) is 34.5. The van der Waals surface area contributed by atoms with Gasteiger partial charge in [-0.05, 0) is 52.7 Å². The minimum Gasteiger partial charge on any atom is -0.462 e. The average molecular weight is 421 g/mol. The van der Waals surface area contributed by atoms with Gasteiger partial charge < -0.3 is 10.1 Å². The van der Waals surface area contributed by atoms with Crippen molar-refractivity contribution in [1.29, 1.82) is 0 Å². The number of amides is 1. The second kappa shape index (κ2) is 9.10. The molecule has 1 N–H and O–H groups in total. The molecule has 0 aromatic heterocycles. The minimum atomic E-state index is -0.567. The maximum absolute atomic E-state index is 12.3. The highest BCUT2D eigenvalue weighted by molar-refractivity contribution is 9.10. The predicted octanol–water partition coefficient (Wildman–Crippen LogP) is 4.57. The van der Waals surface area contributed by atoms with Crippen LogP contribution in [0.5, 0.6) is 0 Å². The van der Waals surface area contributed by atoms with Crippen molar-refractivity contribution in [2.24, 2.45) is 0 Å². The molecule has 0 radical (unpaired) electrons. The lowest BCUT2D eigenvalue weighted by atomic mass is 10.1. The van der Waals surface area contributed by atoms with E-state index in [0.717, 1.165) is 12.8 Å². The van der Waals surface area contributed by atoms with Crippen LogP contribution in [0.15, 0.2) is 46.9 Å². The van der Waals surface area contributed by atoms with Crippen molar-refractivity contribution in [2.45, 2.75) is 19.8 Å². The molecule has 0 heterocycles. The van der Waals surface area contributed by atoms with Crippen LogP contribution in [0.25, 0.3) is 0 Å². The number of halogens is 1. The van der Waals surface area contributed by atoms with Gasteiger partial charge >= 0.3 is 5.97 Å². The van der Waals surface area contributed by atoms with E-state index in [1.165, 1.54) is 18.2 Å². The summed E-state index contributed by atoms with van der Waals surface area (Å²) in [6, 6.07) is 10.2. The number of nitro benzene ring substituents is 1. The molecule has 2 rings (SSSR count). The van der Waals surface area contributed by atoms with Gasteiger partial charge in [-0.2, -0.15) is 0 Å². The fraction of sp³-hybridized carbons (Fsp3) is 0.222. The van der Waals surface area contributed by atoms with E-state index in [1.807, 2.05) is 6.92 Å². The predicted molar refractivity (Wildman–Crippen MR) is 100 cm³/mol. The Hall–Kier alpha value is -2.74. The molecule has 0 unspecified atom stereocenters. The molecule has 0 aliphatic heterocycles. The molecule has 8 heteroatoms. The lowest BCUT2D eigenvalue weighted by Gasteiger charge is -2.08. The molecule has 0 aliphatic carbocycles. The molecule has 7 nitrogen and oxygen atoms in total. The van der Waals surface area contributed by atoms with E-state index in [2.05, 4.69) is 21.2 Å². The maximum atomic E-state index is 12.3. The van der Waals surface area contributed by atoms with Crippen molar-refractivity contribution in [3.8, 4) is 0 Å². The van der Waals surface area contributed by atoms with Crippen LogP contribution in [0.1, 0.15) is 40.5 Å². The van der Waals surface area contributed by atoms with E-state index in [4.69, 9.17) is 4.74 Å². The Bertz CT molecular complexity index is 821. The van der Waals surface area contributed by atoms with Crippen molar-refractivity contribution in [3.63, 3.8) is 0 Å². The molecule has 0 saturated carbocycles. The number of hydrogen-bond acceptors (Lipinski definition) is 5. The summed E-state index contributed by atoms with van der Waals surface area (Å²) >= 11 is 3.21. The summed E-state index contributed by atoms with van der Waals surface area (Å²) in [5.41, 5.74) is 0.805. The lowest BCUT2D eigenvalue weighted by molar-refractivity contribution is -0.384. The van der Waals surface area contributed by atoms with E-state index in [0.29, 0.717) is 22.3 Å². The van der Waals surface area contributed by atoms with Crippen LogP contribution in [0.4, 0.5) is 11.4 Å². The zero-order valence-electron chi connectivity index (χ0n) is 14.0. The van der Waals surface area contributed by atoms with Gasteiger partial charge in [-0.25, -0.2) is 4.79 Å². The van der Waals surface area contributed by atoms with Crippen LogP contribution in [-0.4, -0.2) is 23.4 Å². The Morgan fingerprint density at radius 2 is 1.88 bits per heavy atom. The summed E-state index contributed by atoms with van der Waals surface area (Å²) in [6.45, 7) is 2.37. The third-order valence-corrected chi connectivity index (χ3v) is 4.21. The van der Waals surface area contributed by atoms with E-state index >= 15 is 0 Å². The molecule has 0 atom stereocenters. The Morgan fingerprint density at radius 3 is 2.50 bits per heavy atom. The standard InChI is InChI=1S/C18H17BrN2O5/c1-2-3-10-26-18(23)12-4-6-13(7-5-12)20-17(22)15-11-14(21(24)25)8-9-16(15)19/h4-9,11H,2-3,10H2,1H3,(H,20,22). The number of carbonyl (C=O) groups is 2. The third kappa shape index (κ3) is 5.13. The van der Waals surface area contributed by atoms with Gasteiger partial charge in [0.2, 0.25) is 0 Å². The van der Waals surface area contributed by atoms with Crippen LogP contribution in [0, 0.1) is 10.1 Å². The van der Waals surface area contributed by atoms with Gasteiger partial charge in [-0.3, -0.25) is 14.9 Å². The molecule has 1 amide bonds. The monoisotopic (exact) mass is 420 g/mol. The number of hydrogen-bond donors (Lipinski definition) is 1. The molecule has 0 aliphatic rings. The molecular formula is C18H17BrN2O5. The van der Waals surface area contributed by atoms with Gasteiger partial charge in [-0.1, -0.05) is 13.3 Å². The number of benzene rings is 2. The number of anilines is 1. The third-order valence-electron chi connectivity index (χ3n) is 3.51. The Kier molecular flexibility index (Phi) is 6.85. The van der Waals surface area contributed by atoms with Crippen molar-refractivity contribution in [2.75, 3.05) is 11.9 Å². The number of ether oxygens (including phenoxy) is 1. The molecule has 136 valence electrons. The summed E-state index contributed by atoms with van der Waals surface area (Å²) < 4.78 is 5.56. The highest BCUT2D eigenvalue weighted by atomic mass is 79.9. The highest BCUT2D eigenvalue weighted by Crippen LogP contribution is 2.23. The molecule has 0 saturated heterocycles. The second-order valence-electron chi connectivity index (χ2n) is 5.44. The van der Waals surface area contributed by atoms with Gasteiger partial charge in [-0.15, -0.1) is 0 Å². The summed E-state index contributed by atoms with van der Waals surface area (Å²) in [5.74, 6) is -0.920. The topological polar surface area (TPSA) is 98.5 Å². The van der Waals surface area contributed by atoms with Crippen LogP contribution in [0.2, 0.25) is 0 Å². The Balaban J connectivity index is 2.07. The fourth-order valence-electron chi connectivity index (χ4n) is 2.08. The molecule has 0 bridgehead atoms. The number of esters is 1.